The van der Waals surface area contributed by atoms with Crippen molar-refractivity contribution in [2.75, 3.05) is 50.7 Å². The molecule has 2 aromatic rings. The van der Waals surface area contributed by atoms with Crippen molar-refractivity contribution >= 4 is 5.69 Å². The molecule has 2 unspecified atom stereocenters. The number of nitrogens with two attached hydrogens (primary N) is 1. The van der Waals surface area contributed by atoms with E-state index in [1.807, 2.05) is 0 Å². The molecule has 0 amide bonds. The summed E-state index contributed by atoms with van der Waals surface area (Å²) in [6, 6.07) is 17.8. The number of fused-ring (bicyclic) bond motifs is 1. The number of nitrogens with one attached hydrogen (secondary N) is 1. The second kappa shape index (κ2) is 8.34. The number of likely N-dealkylation sites (tertiary alicyclic amines) is 1. The predicted molar refractivity (Wildman–Crippen MR) is 118 cm³/mol. The van der Waals surface area contributed by atoms with Gasteiger partial charge in [-0.3, -0.25) is 4.90 Å². The van der Waals surface area contributed by atoms with Crippen molar-refractivity contribution in [3.8, 4) is 5.75 Å². The van der Waals surface area contributed by atoms with Gasteiger partial charge < -0.3 is 20.7 Å². The third kappa shape index (κ3) is 3.87. The summed E-state index contributed by atoms with van der Waals surface area (Å²) in [5.41, 5.74) is 9.99. The van der Waals surface area contributed by atoms with Gasteiger partial charge >= 0.3 is 0 Å². The molecule has 5 heteroatoms. The van der Waals surface area contributed by atoms with E-state index >= 15 is 0 Å². The molecular formula is C24H32N4O. The second-order valence-corrected chi connectivity index (χ2v) is 8.63. The number of hydrogen-bond acceptors (Lipinski definition) is 5. The van der Waals surface area contributed by atoms with Crippen LogP contribution in [0.1, 0.15) is 23.7 Å². The third-order valence-corrected chi connectivity index (χ3v) is 6.82. The first kappa shape index (κ1) is 18.9. The summed E-state index contributed by atoms with van der Waals surface area (Å²) in [6.07, 6.45) is 2.35. The maximum absolute atomic E-state index is 6.71. The molecule has 0 radical (unpaired) electrons. The van der Waals surface area contributed by atoms with E-state index in [0.717, 1.165) is 58.0 Å². The lowest BCUT2D eigenvalue weighted by atomic mass is 10.1. The molecule has 2 aromatic carbocycles. The maximum atomic E-state index is 6.71. The number of ether oxygens (including phenoxy) is 1. The van der Waals surface area contributed by atoms with Gasteiger partial charge in [-0.1, -0.05) is 30.3 Å². The van der Waals surface area contributed by atoms with Crippen LogP contribution < -0.4 is 20.7 Å². The Morgan fingerprint density at radius 3 is 2.72 bits per heavy atom. The van der Waals surface area contributed by atoms with Crippen LogP contribution in [0.25, 0.3) is 0 Å². The molecule has 0 spiro atoms. The van der Waals surface area contributed by atoms with E-state index in [2.05, 4.69) is 63.6 Å². The Hall–Kier alpha value is -2.08. The molecule has 2 heterocycles. The van der Waals surface area contributed by atoms with E-state index in [4.69, 9.17) is 10.5 Å². The highest BCUT2D eigenvalue weighted by Gasteiger charge is 2.40. The van der Waals surface area contributed by atoms with Crippen LogP contribution >= 0.6 is 0 Å². The highest BCUT2D eigenvalue weighted by atomic mass is 16.5. The Balaban J connectivity index is 1.39. The first-order chi connectivity index (χ1) is 14.3. The highest BCUT2D eigenvalue weighted by Crippen LogP contribution is 2.40. The molecule has 3 atom stereocenters. The van der Waals surface area contributed by atoms with Crippen molar-refractivity contribution < 1.29 is 4.74 Å². The minimum atomic E-state index is 0.0843. The smallest absolute Gasteiger partial charge is 0.140 e. The molecule has 3 aliphatic rings. The molecule has 5 rings (SSSR count). The largest absolute Gasteiger partial charge is 0.484 e. The van der Waals surface area contributed by atoms with Crippen LogP contribution in [-0.4, -0.2) is 56.8 Å². The second-order valence-electron chi connectivity index (χ2n) is 8.63. The molecule has 2 fully saturated rings. The number of benzene rings is 2. The van der Waals surface area contributed by atoms with Gasteiger partial charge in [0, 0.05) is 44.5 Å². The lowest BCUT2D eigenvalue weighted by molar-refractivity contribution is 0.0917. The number of rotatable bonds is 5. The van der Waals surface area contributed by atoms with Crippen molar-refractivity contribution in [1.82, 2.24) is 10.2 Å². The van der Waals surface area contributed by atoms with Gasteiger partial charge in [0.05, 0.1) is 6.04 Å². The third-order valence-electron chi connectivity index (χ3n) is 6.82. The molecule has 2 saturated heterocycles. The summed E-state index contributed by atoms with van der Waals surface area (Å²) in [6.45, 7) is 7.19. The SMILES string of the molecule is NCC1CCN([C@@H]2Cc3ccccc3C2Oc2cccc(N3CCNCC3)c2)C1. The first-order valence-corrected chi connectivity index (χ1v) is 11.1. The van der Waals surface area contributed by atoms with Gasteiger partial charge in [-0.2, -0.15) is 0 Å². The summed E-state index contributed by atoms with van der Waals surface area (Å²) in [5, 5.41) is 3.43. The average molecular weight is 393 g/mol. The van der Waals surface area contributed by atoms with Crippen LogP contribution in [0.5, 0.6) is 5.75 Å². The Morgan fingerprint density at radius 1 is 1.03 bits per heavy atom. The number of hydrogen-bond donors (Lipinski definition) is 2. The van der Waals surface area contributed by atoms with E-state index in [-0.39, 0.29) is 6.10 Å². The zero-order valence-electron chi connectivity index (χ0n) is 17.1. The molecule has 29 heavy (non-hydrogen) atoms. The van der Waals surface area contributed by atoms with E-state index < -0.39 is 0 Å². The van der Waals surface area contributed by atoms with Crippen LogP contribution in [0.3, 0.4) is 0 Å². The van der Waals surface area contributed by atoms with E-state index in [1.54, 1.807) is 0 Å². The summed E-state index contributed by atoms with van der Waals surface area (Å²) in [7, 11) is 0. The van der Waals surface area contributed by atoms with Gasteiger partial charge in [0.25, 0.3) is 0 Å². The lowest BCUT2D eigenvalue weighted by Crippen LogP contribution is -2.43. The lowest BCUT2D eigenvalue weighted by Gasteiger charge is -2.32. The summed E-state index contributed by atoms with van der Waals surface area (Å²) >= 11 is 0. The normalized spacial score (nSPS) is 27.2. The number of nitrogens with zero attached hydrogens (tertiary/aromatic N) is 2. The Bertz CT molecular complexity index is 835. The van der Waals surface area contributed by atoms with Crippen molar-refractivity contribution in [3.63, 3.8) is 0 Å². The predicted octanol–water partition coefficient (Wildman–Crippen LogP) is 2.42. The number of piperazine rings is 1. The van der Waals surface area contributed by atoms with Crippen LogP contribution in [0.15, 0.2) is 48.5 Å². The van der Waals surface area contributed by atoms with Crippen LogP contribution in [0.4, 0.5) is 5.69 Å². The Labute approximate surface area is 173 Å². The van der Waals surface area contributed by atoms with Gasteiger partial charge in [0.1, 0.15) is 11.9 Å². The number of anilines is 1. The minimum Gasteiger partial charge on any atom is -0.484 e. The Morgan fingerprint density at radius 2 is 1.90 bits per heavy atom. The van der Waals surface area contributed by atoms with Gasteiger partial charge in [-0.15, -0.1) is 0 Å². The van der Waals surface area contributed by atoms with Crippen molar-refractivity contribution in [2.24, 2.45) is 11.7 Å². The maximum Gasteiger partial charge on any atom is 0.140 e. The summed E-state index contributed by atoms with van der Waals surface area (Å²) in [4.78, 5) is 5.05. The van der Waals surface area contributed by atoms with E-state index in [0.29, 0.717) is 12.0 Å². The fourth-order valence-electron chi connectivity index (χ4n) is 5.18. The van der Waals surface area contributed by atoms with Gasteiger partial charge in [0.15, 0.2) is 0 Å². The standard InChI is InChI=1S/C24H32N4O/c25-16-18-8-11-28(17-18)23-14-19-4-1-2-7-22(19)24(23)29-21-6-3-5-20(15-21)27-12-9-26-10-13-27/h1-7,15,18,23-24,26H,8-14,16-17,25H2/t18?,23-,24?/m1/s1. The fraction of sp³-hybridized carbons (Fsp3) is 0.500. The molecule has 1 aliphatic carbocycles. The molecule has 2 aliphatic heterocycles. The highest BCUT2D eigenvalue weighted by molar-refractivity contribution is 5.51. The molecule has 0 saturated carbocycles. The van der Waals surface area contributed by atoms with Crippen LogP contribution in [0, 0.1) is 5.92 Å². The minimum absolute atomic E-state index is 0.0843. The van der Waals surface area contributed by atoms with Gasteiger partial charge in [-0.25, -0.2) is 0 Å². The summed E-state index contributed by atoms with van der Waals surface area (Å²) < 4.78 is 6.71. The van der Waals surface area contributed by atoms with Gasteiger partial charge in [0.2, 0.25) is 0 Å². The van der Waals surface area contributed by atoms with Crippen molar-refractivity contribution in [2.45, 2.75) is 25.0 Å². The molecule has 154 valence electrons. The van der Waals surface area contributed by atoms with Crippen LogP contribution in [-0.2, 0) is 6.42 Å². The molecule has 0 bridgehead atoms. The van der Waals surface area contributed by atoms with Crippen molar-refractivity contribution in [1.29, 1.82) is 0 Å². The molecular weight excluding hydrogens is 360 g/mol. The quantitative estimate of drug-likeness (QED) is 0.819. The Kier molecular flexibility index (Phi) is 5.44. The molecule has 0 aromatic heterocycles. The first-order valence-electron chi connectivity index (χ1n) is 11.1. The fourth-order valence-corrected chi connectivity index (χ4v) is 5.18. The molecule has 3 N–H and O–H groups in total. The van der Waals surface area contributed by atoms with Gasteiger partial charge in [-0.05, 0) is 55.1 Å². The van der Waals surface area contributed by atoms with Crippen molar-refractivity contribution in [3.05, 3.63) is 59.7 Å². The average Bonchev–Trinajstić information content (AvgIpc) is 3.40. The monoisotopic (exact) mass is 392 g/mol. The zero-order valence-corrected chi connectivity index (χ0v) is 17.1. The molecule has 5 nitrogen and oxygen atoms in total. The topological polar surface area (TPSA) is 53.8 Å². The zero-order chi connectivity index (χ0) is 19.6. The van der Waals surface area contributed by atoms with E-state index in [1.165, 1.54) is 23.2 Å². The summed E-state index contributed by atoms with van der Waals surface area (Å²) in [5.74, 6) is 1.60. The van der Waals surface area contributed by atoms with Crippen LogP contribution in [0.2, 0.25) is 0 Å². The van der Waals surface area contributed by atoms with E-state index in [9.17, 15) is 0 Å².